The van der Waals surface area contributed by atoms with E-state index < -0.39 is 0 Å². The first-order valence-electron chi connectivity index (χ1n) is 8.04. The summed E-state index contributed by atoms with van der Waals surface area (Å²) in [5.74, 6) is 1.09. The molecule has 0 unspecified atom stereocenters. The third-order valence-electron chi connectivity index (χ3n) is 4.61. The predicted molar refractivity (Wildman–Crippen MR) is 102 cm³/mol. The maximum absolute atomic E-state index is 6.29. The number of aliphatic imine (C=N–C) groups is 1. The molecule has 3 heterocycles. The molecule has 0 N–H and O–H groups in total. The number of halogens is 2. The minimum absolute atomic E-state index is 0.0136. The molecule has 3 atom stereocenters. The van der Waals surface area contributed by atoms with E-state index in [1.165, 1.54) is 0 Å². The van der Waals surface area contributed by atoms with Crippen molar-refractivity contribution in [1.29, 1.82) is 0 Å². The fourth-order valence-electron chi connectivity index (χ4n) is 3.41. The second kappa shape index (κ2) is 6.58. The molecule has 0 amide bonds. The fourth-order valence-corrected chi connectivity index (χ4v) is 5.05. The molecule has 24 heavy (non-hydrogen) atoms. The van der Waals surface area contributed by atoms with Crippen molar-refractivity contribution in [2.75, 3.05) is 5.75 Å². The Morgan fingerprint density at radius 1 is 1.21 bits per heavy atom. The maximum atomic E-state index is 6.29. The summed E-state index contributed by atoms with van der Waals surface area (Å²) < 4.78 is 0. The third kappa shape index (κ3) is 2.71. The highest BCUT2D eigenvalue weighted by Gasteiger charge is 2.45. The minimum atomic E-state index is -0.0136. The number of benzene rings is 1. The van der Waals surface area contributed by atoms with E-state index in [0.717, 1.165) is 28.6 Å². The molecule has 6 heteroatoms. The van der Waals surface area contributed by atoms with E-state index in [2.05, 4.69) is 22.9 Å². The highest BCUT2D eigenvalue weighted by molar-refractivity contribution is 8.14. The Balaban J connectivity index is 1.80. The molecule has 0 radical (unpaired) electrons. The van der Waals surface area contributed by atoms with Crippen molar-refractivity contribution in [3.05, 3.63) is 63.9 Å². The van der Waals surface area contributed by atoms with Crippen LogP contribution in [0, 0.1) is 0 Å². The summed E-state index contributed by atoms with van der Waals surface area (Å²) in [7, 11) is 0. The van der Waals surface area contributed by atoms with Crippen LogP contribution in [0.4, 0.5) is 0 Å². The van der Waals surface area contributed by atoms with Crippen LogP contribution in [0.1, 0.15) is 36.7 Å². The number of thioether (sulfide) groups is 1. The molecular weight excluding hydrogens is 361 g/mol. The summed E-state index contributed by atoms with van der Waals surface area (Å²) in [4.78, 5) is 12.0. The smallest absolute Gasteiger partial charge is 0.160 e. The van der Waals surface area contributed by atoms with Gasteiger partial charge in [0.25, 0.3) is 0 Å². The average Bonchev–Trinajstić information content (AvgIpc) is 3.17. The average molecular weight is 378 g/mol. The van der Waals surface area contributed by atoms with Crippen LogP contribution in [0.2, 0.25) is 10.0 Å². The molecule has 1 aromatic heterocycles. The van der Waals surface area contributed by atoms with Gasteiger partial charge in [0.1, 0.15) is 6.04 Å². The molecule has 1 saturated heterocycles. The molecule has 0 saturated carbocycles. The van der Waals surface area contributed by atoms with Crippen molar-refractivity contribution in [1.82, 2.24) is 9.88 Å². The number of amidine groups is 1. The van der Waals surface area contributed by atoms with Crippen LogP contribution in [-0.2, 0) is 0 Å². The van der Waals surface area contributed by atoms with Crippen LogP contribution < -0.4 is 0 Å². The van der Waals surface area contributed by atoms with E-state index in [0.29, 0.717) is 16.1 Å². The van der Waals surface area contributed by atoms with Crippen LogP contribution in [0.25, 0.3) is 0 Å². The van der Waals surface area contributed by atoms with Crippen molar-refractivity contribution >= 4 is 40.1 Å². The van der Waals surface area contributed by atoms with Gasteiger partial charge < -0.3 is 4.90 Å². The van der Waals surface area contributed by atoms with Crippen LogP contribution in [0.15, 0.2) is 47.6 Å². The molecule has 124 valence electrons. The van der Waals surface area contributed by atoms with Crippen molar-refractivity contribution < 1.29 is 0 Å². The van der Waals surface area contributed by atoms with Crippen molar-refractivity contribution in [2.24, 2.45) is 4.99 Å². The Bertz CT molecular complexity index is 781. The Kier molecular flexibility index (Phi) is 4.46. The second-order valence-electron chi connectivity index (χ2n) is 6.01. The number of nitrogens with zero attached hydrogens (tertiary/aromatic N) is 3. The normalized spacial score (nSPS) is 25.7. The van der Waals surface area contributed by atoms with Gasteiger partial charge in [0.05, 0.1) is 21.8 Å². The van der Waals surface area contributed by atoms with E-state index >= 15 is 0 Å². The van der Waals surface area contributed by atoms with Crippen LogP contribution >= 0.6 is 35.0 Å². The Morgan fingerprint density at radius 2 is 2.08 bits per heavy atom. The molecule has 0 aliphatic carbocycles. The number of rotatable bonds is 3. The van der Waals surface area contributed by atoms with E-state index in [1.54, 1.807) is 0 Å². The standard InChI is InChI=1S/C18H17Cl2N3S/c1-2-12-10-24-18-22-16(15-5-3-4-8-21-15)17(23(12)18)11-6-7-13(19)14(20)9-11/h3-9,12,16-17H,2,10H2,1H3/t12-,16+,17-/m1/s1. The van der Waals surface area contributed by atoms with Gasteiger partial charge >= 0.3 is 0 Å². The molecule has 0 bridgehead atoms. The van der Waals surface area contributed by atoms with Crippen molar-refractivity contribution in [3.63, 3.8) is 0 Å². The molecule has 2 aromatic rings. The number of hydrogen-bond acceptors (Lipinski definition) is 4. The first kappa shape index (κ1) is 16.2. The lowest BCUT2D eigenvalue weighted by Gasteiger charge is -2.32. The van der Waals surface area contributed by atoms with Gasteiger partial charge in [0.2, 0.25) is 0 Å². The summed E-state index contributed by atoms with van der Waals surface area (Å²) >= 11 is 14.2. The van der Waals surface area contributed by atoms with E-state index in [9.17, 15) is 0 Å². The van der Waals surface area contributed by atoms with Gasteiger partial charge in [-0.05, 0) is 36.2 Å². The SMILES string of the molecule is CC[C@@H]1CSC2=N[C@@H](c3ccccn3)[C@@H](c3ccc(Cl)c(Cl)c3)N21. The zero-order valence-corrected chi connectivity index (χ0v) is 15.5. The number of fused-ring (bicyclic) bond motifs is 1. The highest BCUT2D eigenvalue weighted by atomic mass is 35.5. The molecule has 0 spiro atoms. The van der Waals surface area contributed by atoms with Gasteiger partial charge in [-0.1, -0.05) is 54.0 Å². The summed E-state index contributed by atoms with van der Waals surface area (Å²) in [6, 6.07) is 12.5. The lowest BCUT2D eigenvalue weighted by Crippen LogP contribution is -2.35. The van der Waals surface area contributed by atoms with Gasteiger partial charge in [0, 0.05) is 18.0 Å². The van der Waals surface area contributed by atoms with Gasteiger partial charge in [-0.15, -0.1) is 0 Å². The van der Waals surface area contributed by atoms with Crippen LogP contribution in [0.5, 0.6) is 0 Å². The summed E-state index contributed by atoms with van der Waals surface area (Å²) in [5, 5.41) is 2.28. The summed E-state index contributed by atoms with van der Waals surface area (Å²) in [5.41, 5.74) is 2.13. The number of hydrogen-bond donors (Lipinski definition) is 0. The Morgan fingerprint density at radius 3 is 2.79 bits per heavy atom. The lowest BCUT2D eigenvalue weighted by atomic mass is 9.95. The topological polar surface area (TPSA) is 28.5 Å². The molecular formula is C18H17Cl2N3S. The van der Waals surface area contributed by atoms with Gasteiger partial charge in [-0.25, -0.2) is 0 Å². The minimum Gasteiger partial charge on any atom is -0.338 e. The molecule has 1 aromatic carbocycles. The monoisotopic (exact) mass is 377 g/mol. The van der Waals surface area contributed by atoms with E-state index in [4.69, 9.17) is 28.2 Å². The Labute approximate surface area is 156 Å². The van der Waals surface area contributed by atoms with Crippen molar-refractivity contribution in [2.45, 2.75) is 31.5 Å². The zero-order chi connectivity index (χ0) is 16.7. The molecule has 1 fully saturated rings. The Hall–Kier alpha value is -1.23. The number of aromatic nitrogens is 1. The highest BCUT2D eigenvalue weighted by Crippen LogP contribution is 2.49. The van der Waals surface area contributed by atoms with Gasteiger partial charge in [-0.3, -0.25) is 9.98 Å². The zero-order valence-electron chi connectivity index (χ0n) is 13.2. The van der Waals surface area contributed by atoms with Crippen LogP contribution in [0.3, 0.4) is 0 Å². The van der Waals surface area contributed by atoms with Crippen LogP contribution in [-0.4, -0.2) is 26.8 Å². The maximum Gasteiger partial charge on any atom is 0.160 e. The van der Waals surface area contributed by atoms with E-state index in [1.807, 2.05) is 48.3 Å². The first-order chi connectivity index (χ1) is 11.7. The first-order valence-corrected chi connectivity index (χ1v) is 9.78. The molecule has 2 aliphatic rings. The van der Waals surface area contributed by atoms with Gasteiger partial charge in [0.15, 0.2) is 5.17 Å². The largest absolute Gasteiger partial charge is 0.338 e. The second-order valence-corrected chi connectivity index (χ2v) is 7.81. The van der Waals surface area contributed by atoms with Crippen molar-refractivity contribution in [3.8, 4) is 0 Å². The summed E-state index contributed by atoms with van der Waals surface area (Å²) in [6.45, 7) is 2.23. The van der Waals surface area contributed by atoms with E-state index in [-0.39, 0.29) is 12.1 Å². The predicted octanol–water partition coefficient (Wildman–Crippen LogP) is 5.37. The molecule has 2 aliphatic heterocycles. The number of pyridine rings is 1. The molecule has 3 nitrogen and oxygen atoms in total. The molecule has 4 rings (SSSR count). The lowest BCUT2D eigenvalue weighted by molar-refractivity contribution is 0.255. The van der Waals surface area contributed by atoms with Gasteiger partial charge in [-0.2, -0.15) is 0 Å². The third-order valence-corrected chi connectivity index (χ3v) is 6.48. The summed E-state index contributed by atoms with van der Waals surface area (Å²) in [6.07, 6.45) is 2.92. The fraction of sp³-hybridized carbons (Fsp3) is 0.333. The quantitative estimate of drug-likeness (QED) is 0.719.